The summed E-state index contributed by atoms with van der Waals surface area (Å²) in [7, 11) is 0. The second-order valence-electron chi connectivity index (χ2n) is 8.22. The predicted molar refractivity (Wildman–Crippen MR) is 132 cm³/mol. The Morgan fingerprint density at radius 1 is 1.00 bits per heavy atom. The summed E-state index contributed by atoms with van der Waals surface area (Å²) in [4.78, 5) is 37.3. The number of piperidine rings is 1. The molecule has 2 heterocycles. The molecule has 0 saturated carbocycles. The van der Waals surface area contributed by atoms with Crippen molar-refractivity contribution in [1.82, 2.24) is 4.90 Å². The van der Waals surface area contributed by atoms with E-state index in [0.717, 1.165) is 16.9 Å². The summed E-state index contributed by atoms with van der Waals surface area (Å²) in [6.45, 7) is 2.09. The summed E-state index contributed by atoms with van der Waals surface area (Å²) < 4.78 is 16.8. The number of ether oxygens (including phenoxy) is 3. The Balaban J connectivity index is 1.41. The molecule has 1 fully saturated rings. The molecule has 2 aromatic carbocycles. The van der Waals surface area contributed by atoms with Crippen LogP contribution in [0.25, 0.3) is 10.4 Å². The third-order valence-corrected chi connectivity index (χ3v) is 6.98. The van der Waals surface area contributed by atoms with Gasteiger partial charge in [0.25, 0.3) is 0 Å². The van der Waals surface area contributed by atoms with Crippen molar-refractivity contribution < 1.29 is 38.8 Å². The van der Waals surface area contributed by atoms with Crippen LogP contribution < -0.4 is 14.2 Å². The van der Waals surface area contributed by atoms with E-state index in [1.54, 1.807) is 36.1 Å². The summed E-state index contributed by atoms with van der Waals surface area (Å²) >= 11 is 1.03. The van der Waals surface area contributed by atoms with E-state index in [0.29, 0.717) is 47.9 Å². The molecule has 3 aromatic rings. The molecule has 0 unspecified atom stereocenters. The minimum Gasteiger partial charge on any atom is -0.490 e. The van der Waals surface area contributed by atoms with E-state index in [1.807, 2.05) is 30.3 Å². The molecule has 4 rings (SSSR count). The SMILES string of the molecule is Cc1c(-c2cccc(OC3CCN(C(=O)Oc4ccccc4)CC3)c2)sc(C(=O)O)c1OCC(=O)O. The van der Waals surface area contributed by atoms with Gasteiger partial charge in [-0.05, 0) is 36.8 Å². The second kappa shape index (κ2) is 11.1. The number of rotatable bonds is 8. The summed E-state index contributed by atoms with van der Waals surface area (Å²) in [6, 6.07) is 16.2. The molecule has 1 aromatic heterocycles. The molecule has 0 aliphatic carbocycles. The lowest BCUT2D eigenvalue weighted by Gasteiger charge is -2.31. The lowest BCUT2D eigenvalue weighted by atomic mass is 10.1. The van der Waals surface area contributed by atoms with Crippen molar-refractivity contribution in [1.29, 1.82) is 0 Å². The number of carboxylic acids is 2. The van der Waals surface area contributed by atoms with Crippen molar-refractivity contribution in [2.75, 3.05) is 19.7 Å². The van der Waals surface area contributed by atoms with Crippen LogP contribution in [0.4, 0.5) is 4.79 Å². The number of aromatic carboxylic acids is 1. The third kappa shape index (κ3) is 5.95. The third-order valence-electron chi connectivity index (χ3n) is 5.67. The van der Waals surface area contributed by atoms with Crippen LogP contribution in [-0.2, 0) is 4.79 Å². The van der Waals surface area contributed by atoms with E-state index in [9.17, 15) is 19.5 Å². The monoisotopic (exact) mass is 511 g/mol. The zero-order chi connectivity index (χ0) is 25.7. The normalized spacial score (nSPS) is 13.8. The summed E-state index contributed by atoms with van der Waals surface area (Å²) in [5, 5.41) is 18.5. The minimum absolute atomic E-state index is 0.0511. The molecule has 9 nitrogen and oxygen atoms in total. The number of thiophene rings is 1. The van der Waals surface area contributed by atoms with Crippen molar-refractivity contribution in [3.63, 3.8) is 0 Å². The number of likely N-dealkylation sites (tertiary alicyclic amines) is 1. The van der Waals surface area contributed by atoms with Crippen LogP contribution in [-0.4, -0.2) is 58.9 Å². The fourth-order valence-corrected chi connectivity index (χ4v) is 5.02. The van der Waals surface area contributed by atoms with Gasteiger partial charge in [0.2, 0.25) is 0 Å². The maximum absolute atomic E-state index is 12.4. The highest BCUT2D eigenvalue weighted by Gasteiger charge is 2.26. The number of carboxylic acid groups (broad SMARTS) is 2. The van der Waals surface area contributed by atoms with E-state index in [-0.39, 0.29) is 22.8 Å². The van der Waals surface area contributed by atoms with Crippen molar-refractivity contribution in [2.24, 2.45) is 0 Å². The summed E-state index contributed by atoms with van der Waals surface area (Å²) in [5.41, 5.74) is 1.30. The fraction of sp³-hybridized carbons (Fsp3) is 0.269. The molecular weight excluding hydrogens is 486 g/mol. The molecule has 2 N–H and O–H groups in total. The van der Waals surface area contributed by atoms with E-state index < -0.39 is 18.5 Å². The molecule has 0 atom stereocenters. The van der Waals surface area contributed by atoms with Gasteiger partial charge in [-0.15, -0.1) is 11.3 Å². The van der Waals surface area contributed by atoms with Gasteiger partial charge in [-0.3, -0.25) is 0 Å². The first-order chi connectivity index (χ1) is 17.3. The number of hydrogen-bond acceptors (Lipinski definition) is 7. The molecule has 0 radical (unpaired) electrons. The van der Waals surface area contributed by atoms with E-state index in [1.165, 1.54) is 0 Å². The Morgan fingerprint density at radius 3 is 2.36 bits per heavy atom. The second-order valence-corrected chi connectivity index (χ2v) is 9.24. The molecule has 0 bridgehead atoms. The minimum atomic E-state index is -1.19. The first kappa shape index (κ1) is 25.1. The van der Waals surface area contributed by atoms with Crippen molar-refractivity contribution in [2.45, 2.75) is 25.9 Å². The van der Waals surface area contributed by atoms with Crippen LogP contribution in [0.1, 0.15) is 28.1 Å². The maximum Gasteiger partial charge on any atom is 0.415 e. The van der Waals surface area contributed by atoms with Crippen LogP contribution in [0, 0.1) is 6.92 Å². The molecule has 36 heavy (non-hydrogen) atoms. The van der Waals surface area contributed by atoms with Gasteiger partial charge < -0.3 is 29.3 Å². The Labute approximate surface area is 211 Å². The number of amides is 1. The first-order valence-electron chi connectivity index (χ1n) is 11.3. The van der Waals surface area contributed by atoms with Gasteiger partial charge in [0.05, 0.1) is 0 Å². The first-order valence-corrected chi connectivity index (χ1v) is 12.1. The van der Waals surface area contributed by atoms with Gasteiger partial charge in [0.1, 0.15) is 23.4 Å². The highest BCUT2D eigenvalue weighted by Crippen LogP contribution is 2.42. The van der Waals surface area contributed by atoms with Crippen molar-refractivity contribution in [3.05, 3.63) is 65.0 Å². The van der Waals surface area contributed by atoms with Crippen molar-refractivity contribution in [3.8, 4) is 27.7 Å². The topological polar surface area (TPSA) is 123 Å². The molecular formula is C26H25NO8S. The zero-order valence-corrected chi connectivity index (χ0v) is 20.3. The number of nitrogens with zero attached hydrogens (tertiary/aromatic N) is 1. The molecule has 1 aliphatic rings. The van der Waals surface area contributed by atoms with Crippen molar-refractivity contribution >= 4 is 29.4 Å². The Morgan fingerprint density at radius 2 is 1.69 bits per heavy atom. The molecule has 1 amide bonds. The maximum atomic E-state index is 12.4. The highest BCUT2D eigenvalue weighted by molar-refractivity contribution is 7.18. The number of para-hydroxylation sites is 1. The van der Waals surface area contributed by atoms with Crippen LogP contribution in [0.3, 0.4) is 0 Å². The van der Waals surface area contributed by atoms with Gasteiger partial charge in [-0.25, -0.2) is 14.4 Å². The average molecular weight is 512 g/mol. The average Bonchev–Trinajstić information content (AvgIpc) is 3.20. The van der Waals surface area contributed by atoms with E-state index in [4.69, 9.17) is 19.3 Å². The lowest BCUT2D eigenvalue weighted by molar-refractivity contribution is -0.139. The number of aliphatic carboxylic acids is 1. The van der Waals surface area contributed by atoms with Crippen LogP contribution >= 0.6 is 11.3 Å². The van der Waals surface area contributed by atoms with E-state index >= 15 is 0 Å². The Kier molecular flexibility index (Phi) is 7.74. The Hall–Kier alpha value is -4.05. The quantitative estimate of drug-likeness (QED) is 0.437. The number of hydrogen-bond donors (Lipinski definition) is 2. The van der Waals surface area contributed by atoms with Crippen LogP contribution in [0.5, 0.6) is 17.2 Å². The van der Waals surface area contributed by atoms with Crippen LogP contribution in [0.2, 0.25) is 0 Å². The standard InChI is InChI=1S/C26H25NO8S/c1-16-22(33-15-21(28)29)24(25(30)31)36-23(16)17-6-5-9-20(14-17)34-19-10-12-27(13-11-19)26(32)35-18-7-3-2-4-8-18/h2-9,14,19H,10-13,15H2,1H3,(H,28,29)(H,30,31). The summed E-state index contributed by atoms with van der Waals surface area (Å²) in [6.07, 6.45) is 0.810. The van der Waals surface area contributed by atoms with Gasteiger partial charge in [-0.1, -0.05) is 30.3 Å². The molecule has 188 valence electrons. The summed E-state index contributed by atoms with van der Waals surface area (Å²) in [5.74, 6) is -1.18. The number of benzene rings is 2. The molecule has 10 heteroatoms. The molecule has 0 spiro atoms. The van der Waals surface area contributed by atoms with Gasteiger partial charge >= 0.3 is 18.0 Å². The zero-order valence-electron chi connectivity index (χ0n) is 19.5. The highest BCUT2D eigenvalue weighted by atomic mass is 32.1. The smallest absolute Gasteiger partial charge is 0.415 e. The predicted octanol–water partition coefficient (Wildman–Crippen LogP) is 4.93. The Bertz CT molecular complexity index is 1250. The molecule has 1 aliphatic heterocycles. The van der Waals surface area contributed by atoms with Crippen LogP contribution in [0.15, 0.2) is 54.6 Å². The fourth-order valence-electron chi connectivity index (χ4n) is 3.94. The molecule has 1 saturated heterocycles. The lowest BCUT2D eigenvalue weighted by Crippen LogP contribution is -2.43. The van der Waals surface area contributed by atoms with Gasteiger partial charge in [0, 0.05) is 36.4 Å². The largest absolute Gasteiger partial charge is 0.490 e. The van der Waals surface area contributed by atoms with Gasteiger partial charge in [-0.2, -0.15) is 0 Å². The number of carbonyl (C=O) groups excluding carboxylic acids is 1. The van der Waals surface area contributed by atoms with Gasteiger partial charge in [0.15, 0.2) is 11.5 Å². The number of carbonyl (C=O) groups is 3. The van der Waals surface area contributed by atoms with E-state index in [2.05, 4.69) is 0 Å².